The predicted molar refractivity (Wildman–Crippen MR) is 80.2 cm³/mol. The molecule has 1 heterocycles. The van der Waals surface area contributed by atoms with Gasteiger partial charge >= 0.3 is 5.69 Å². The quantitative estimate of drug-likeness (QED) is 0.254. The summed E-state index contributed by atoms with van der Waals surface area (Å²) in [6.45, 7) is -0.343. The van der Waals surface area contributed by atoms with Crippen molar-refractivity contribution in [3.63, 3.8) is 0 Å². The number of hydrogen-bond acceptors (Lipinski definition) is 9. The number of aromatic amines is 2. The molecule has 11 nitrogen and oxygen atoms in total. The highest BCUT2D eigenvalue weighted by molar-refractivity contribution is 7.85. The molecule has 1 rings (SSSR count). The van der Waals surface area contributed by atoms with Crippen LogP contribution in [0.3, 0.4) is 0 Å². The molecule has 1 unspecified atom stereocenters. The summed E-state index contributed by atoms with van der Waals surface area (Å²) in [6, 6.07) is 0. The molecule has 0 saturated carbocycles. The summed E-state index contributed by atoms with van der Waals surface area (Å²) in [7, 11) is -2.10. The summed E-state index contributed by atoms with van der Waals surface area (Å²) in [5, 5.41) is 37.0. The predicted octanol–water partition coefficient (Wildman–Crippen LogP) is -3.79. The molecule has 4 atom stereocenters. The minimum atomic E-state index is -2.10. The maximum absolute atomic E-state index is 12.0. The van der Waals surface area contributed by atoms with E-state index in [1.807, 2.05) is 4.98 Å². The maximum Gasteiger partial charge on any atom is 0.328 e. The zero-order valence-electron chi connectivity index (χ0n) is 12.6. The lowest BCUT2D eigenvalue weighted by Crippen LogP contribution is -2.42. The van der Waals surface area contributed by atoms with Crippen LogP contribution in [0, 0.1) is 0 Å². The highest BCUT2D eigenvalue weighted by Crippen LogP contribution is 2.14. The third-order valence-corrected chi connectivity index (χ3v) is 4.30. The van der Waals surface area contributed by atoms with E-state index in [1.165, 1.54) is 0 Å². The number of rotatable bonds is 9. The van der Waals surface area contributed by atoms with Crippen LogP contribution in [0.5, 0.6) is 5.88 Å². The highest BCUT2D eigenvalue weighted by atomic mass is 32.2. The van der Waals surface area contributed by atoms with Crippen molar-refractivity contribution in [3.8, 4) is 5.88 Å². The van der Waals surface area contributed by atoms with Crippen molar-refractivity contribution in [1.82, 2.24) is 9.97 Å². The molecule has 136 valence electrons. The van der Waals surface area contributed by atoms with Crippen LogP contribution < -0.4 is 16.0 Å². The van der Waals surface area contributed by atoms with Gasteiger partial charge in [-0.05, 0) is 6.92 Å². The van der Waals surface area contributed by atoms with Gasteiger partial charge in [0.05, 0.1) is 23.2 Å². The smallest absolute Gasteiger partial charge is 0.328 e. The molecule has 6 N–H and O–H groups in total. The maximum atomic E-state index is 12.0. The number of ketones is 1. The number of Topliss-reactive ketones (excluding diaryl/α,β-unsaturated/α-hetero) is 1. The Balaban J connectivity index is 3.02. The number of nitrogens with one attached hydrogen (secondary N) is 2. The number of H-pyrrole nitrogens is 2. The Morgan fingerprint density at radius 3 is 2.38 bits per heavy atom. The monoisotopic (exact) mass is 366 g/mol. The highest BCUT2D eigenvalue weighted by Gasteiger charge is 2.26. The Kier molecular flexibility index (Phi) is 7.44. The Labute approximate surface area is 137 Å². The number of carbonyl (C=O) groups excluding carboxylic acids is 1. The first-order chi connectivity index (χ1) is 11.2. The summed E-state index contributed by atoms with van der Waals surface area (Å²) >= 11 is 0. The third kappa shape index (κ3) is 5.35. The molecule has 0 aliphatic heterocycles. The Morgan fingerprint density at radius 2 is 1.83 bits per heavy atom. The SMILES string of the molecule is CC(=O)CS(=O)c1c(OC[C@H](O)[C@H](O)[C@H](O)CO)[nH]c(=O)[nH]c1=O. The standard InChI is InChI=1S/C12H18N2O9S/c1-5(16)4-24(22)9-10(20)13-12(21)14-11(9)23-3-7(18)8(19)6(17)2-15/h6-8,15,17-19H,2-4H2,1H3,(H2,13,14,20,21)/t6-,7+,8-,24?/m1/s1. The van der Waals surface area contributed by atoms with E-state index in [0.717, 1.165) is 6.92 Å². The van der Waals surface area contributed by atoms with Gasteiger partial charge < -0.3 is 25.2 Å². The van der Waals surface area contributed by atoms with Gasteiger partial charge in [0.25, 0.3) is 5.56 Å². The van der Waals surface area contributed by atoms with Crippen molar-refractivity contribution in [2.45, 2.75) is 30.1 Å². The fourth-order valence-electron chi connectivity index (χ4n) is 1.65. The van der Waals surface area contributed by atoms with E-state index < -0.39 is 75.9 Å². The fourth-order valence-corrected chi connectivity index (χ4v) is 2.74. The van der Waals surface area contributed by atoms with Crippen molar-refractivity contribution in [2.24, 2.45) is 0 Å². The summed E-state index contributed by atoms with van der Waals surface area (Å²) in [6.07, 6.45) is -5.06. The van der Waals surface area contributed by atoms with Crippen molar-refractivity contribution >= 4 is 16.6 Å². The summed E-state index contributed by atoms with van der Waals surface area (Å²) in [5.41, 5.74) is -2.00. The normalized spacial score (nSPS) is 16.2. The molecule has 0 aromatic carbocycles. The van der Waals surface area contributed by atoms with Crippen LogP contribution in [-0.2, 0) is 15.6 Å². The van der Waals surface area contributed by atoms with Gasteiger partial charge in [-0.25, -0.2) is 4.79 Å². The van der Waals surface area contributed by atoms with Crippen molar-refractivity contribution < 1.29 is 34.2 Å². The van der Waals surface area contributed by atoms with Crippen LogP contribution in [0.15, 0.2) is 14.5 Å². The Hall–Kier alpha value is -1.86. The molecule has 0 spiro atoms. The number of carbonyl (C=O) groups is 1. The molecule has 0 fully saturated rings. The molecular formula is C12H18N2O9S. The topological polar surface area (TPSA) is 190 Å². The Bertz CT molecular complexity index is 713. The fraction of sp³-hybridized carbons (Fsp3) is 0.583. The number of aromatic nitrogens is 2. The minimum Gasteiger partial charge on any atom is -0.475 e. The van der Waals surface area contributed by atoms with Gasteiger partial charge in [-0.2, -0.15) is 0 Å². The van der Waals surface area contributed by atoms with E-state index in [1.54, 1.807) is 0 Å². The molecule has 12 heteroatoms. The van der Waals surface area contributed by atoms with Crippen molar-refractivity contribution in [1.29, 1.82) is 0 Å². The zero-order valence-corrected chi connectivity index (χ0v) is 13.4. The van der Waals surface area contributed by atoms with Gasteiger partial charge in [0, 0.05) is 0 Å². The van der Waals surface area contributed by atoms with Gasteiger partial charge in [0.2, 0.25) is 5.88 Å². The van der Waals surface area contributed by atoms with E-state index in [9.17, 15) is 33.9 Å². The molecule has 0 aliphatic carbocycles. The molecule has 1 aromatic rings. The lowest BCUT2D eigenvalue weighted by molar-refractivity contribution is -0.114. The number of aliphatic hydroxyl groups is 4. The molecular weight excluding hydrogens is 348 g/mol. The third-order valence-electron chi connectivity index (χ3n) is 2.80. The second-order valence-corrected chi connectivity index (χ2v) is 6.27. The van der Waals surface area contributed by atoms with Crippen molar-refractivity contribution in [2.75, 3.05) is 19.0 Å². The van der Waals surface area contributed by atoms with Gasteiger partial charge in [0.15, 0.2) is 4.90 Å². The molecule has 0 saturated heterocycles. The first-order valence-corrected chi connectivity index (χ1v) is 8.01. The van der Waals surface area contributed by atoms with Crippen LogP contribution in [0.25, 0.3) is 0 Å². The molecule has 0 aliphatic rings. The minimum absolute atomic E-state index is 0.466. The summed E-state index contributed by atoms with van der Waals surface area (Å²) in [5.74, 6) is -1.49. The zero-order chi connectivity index (χ0) is 18.4. The Morgan fingerprint density at radius 1 is 1.21 bits per heavy atom. The largest absolute Gasteiger partial charge is 0.475 e. The van der Waals surface area contributed by atoms with E-state index in [-0.39, 0.29) is 0 Å². The first kappa shape index (κ1) is 20.2. The van der Waals surface area contributed by atoms with E-state index in [4.69, 9.17) is 9.84 Å². The summed E-state index contributed by atoms with van der Waals surface area (Å²) < 4.78 is 17.0. The lowest BCUT2D eigenvalue weighted by Gasteiger charge is -2.21. The van der Waals surface area contributed by atoms with E-state index >= 15 is 0 Å². The molecule has 0 bridgehead atoms. The summed E-state index contributed by atoms with van der Waals surface area (Å²) in [4.78, 5) is 37.5. The second-order valence-electron chi connectivity index (χ2n) is 4.88. The van der Waals surface area contributed by atoms with E-state index in [0.29, 0.717) is 0 Å². The molecule has 0 radical (unpaired) electrons. The average Bonchev–Trinajstić information content (AvgIpc) is 2.49. The van der Waals surface area contributed by atoms with Crippen LogP contribution in [0.2, 0.25) is 0 Å². The molecule has 24 heavy (non-hydrogen) atoms. The van der Waals surface area contributed by atoms with Crippen LogP contribution >= 0.6 is 0 Å². The average molecular weight is 366 g/mol. The van der Waals surface area contributed by atoms with Crippen molar-refractivity contribution in [3.05, 3.63) is 20.8 Å². The number of aliphatic hydroxyl groups excluding tert-OH is 4. The van der Waals surface area contributed by atoms with Crippen LogP contribution in [0.1, 0.15) is 6.92 Å². The van der Waals surface area contributed by atoms with E-state index in [2.05, 4.69) is 4.98 Å². The van der Waals surface area contributed by atoms with Gasteiger partial charge in [0.1, 0.15) is 30.7 Å². The van der Waals surface area contributed by atoms with Gasteiger partial charge in [-0.3, -0.25) is 23.8 Å². The van der Waals surface area contributed by atoms with Gasteiger partial charge in [-0.15, -0.1) is 0 Å². The molecule has 0 amide bonds. The van der Waals surface area contributed by atoms with Crippen LogP contribution in [-0.4, -0.2) is 77.7 Å². The first-order valence-electron chi connectivity index (χ1n) is 6.69. The lowest BCUT2D eigenvalue weighted by atomic mass is 10.1. The number of ether oxygens (including phenoxy) is 1. The number of hydrogen-bond donors (Lipinski definition) is 6. The van der Waals surface area contributed by atoms with Gasteiger partial charge in [-0.1, -0.05) is 0 Å². The van der Waals surface area contributed by atoms with Crippen LogP contribution in [0.4, 0.5) is 0 Å². The second kappa shape index (κ2) is 8.84. The molecule has 1 aromatic heterocycles.